The molecule has 0 unspecified atom stereocenters. The second-order valence-corrected chi connectivity index (χ2v) is 7.90. The Morgan fingerprint density at radius 1 is 1.12 bits per heavy atom. The molecule has 3 aromatic rings. The van der Waals surface area contributed by atoms with Gasteiger partial charge in [-0.1, -0.05) is 43.3 Å². The summed E-state index contributed by atoms with van der Waals surface area (Å²) >= 11 is 0. The van der Waals surface area contributed by atoms with Crippen molar-refractivity contribution >= 4 is 11.8 Å². The number of nitrogens with zero attached hydrogens (tertiary/aromatic N) is 2. The van der Waals surface area contributed by atoms with Crippen molar-refractivity contribution in [3.05, 3.63) is 77.2 Å². The van der Waals surface area contributed by atoms with E-state index in [1.807, 2.05) is 45.0 Å². The van der Waals surface area contributed by atoms with Crippen molar-refractivity contribution in [1.29, 1.82) is 0 Å². The smallest absolute Gasteiger partial charge is 0.272 e. The number of halogens is 1. The minimum absolute atomic E-state index is 0.0338. The summed E-state index contributed by atoms with van der Waals surface area (Å²) in [5.41, 5.74) is 2.01. The van der Waals surface area contributed by atoms with E-state index in [9.17, 15) is 14.0 Å². The molecule has 1 heterocycles. The van der Waals surface area contributed by atoms with Crippen LogP contribution in [0.25, 0.3) is 5.69 Å². The predicted octanol–water partition coefficient (Wildman–Crippen LogP) is 4.10. The zero-order valence-corrected chi connectivity index (χ0v) is 19.3. The molecule has 2 aromatic carbocycles. The highest BCUT2D eigenvalue weighted by Gasteiger charge is 2.24. The maximum atomic E-state index is 14.3. The Bertz CT molecular complexity index is 1130. The number of hydrogen-bond donors (Lipinski definition) is 2. The van der Waals surface area contributed by atoms with Crippen LogP contribution in [0.1, 0.15) is 54.3 Å². The van der Waals surface area contributed by atoms with Gasteiger partial charge in [0.25, 0.3) is 5.91 Å². The van der Waals surface area contributed by atoms with Crippen LogP contribution < -0.4 is 15.4 Å². The fourth-order valence-electron chi connectivity index (χ4n) is 3.49. The summed E-state index contributed by atoms with van der Waals surface area (Å²) in [7, 11) is 1.42. The van der Waals surface area contributed by atoms with Gasteiger partial charge in [-0.15, -0.1) is 0 Å². The van der Waals surface area contributed by atoms with Crippen molar-refractivity contribution in [2.75, 3.05) is 7.11 Å². The standard InChI is InChI=1S/C25H29FN4O3/c1-5-17(3)27-23(31)14-20(18-11-7-6-10-16(18)2)28-25(32)21-15-24(33-4)30(29-21)22-13-9-8-12-19(22)26/h6-13,15,17,20H,5,14H2,1-4H3,(H,27,31)(H,28,32)/t17-,20+/m1/s1. The molecule has 0 aliphatic carbocycles. The maximum absolute atomic E-state index is 14.3. The van der Waals surface area contributed by atoms with Gasteiger partial charge in [-0.3, -0.25) is 9.59 Å². The number of amides is 2. The molecule has 0 saturated heterocycles. The lowest BCUT2D eigenvalue weighted by atomic mass is 9.98. The van der Waals surface area contributed by atoms with E-state index in [4.69, 9.17) is 4.74 Å². The van der Waals surface area contributed by atoms with Crippen LogP contribution in [0.3, 0.4) is 0 Å². The van der Waals surface area contributed by atoms with Crippen LogP contribution in [0.15, 0.2) is 54.6 Å². The molecule has 8 heteroatoms. The quantitative estimate of drug-likeness (QED) is 0.512. The number of carbonyl (C=O) groups excluding carboxylic acids is 2. The van der Waals surface area contributed by atoms with E-state index in [0.29, 0.717) is 0 Å². The van der Waals surface area contributed by atoms with E-state index in [0.717, 1.165) is 17.5 Å². The summed E-state index contributed by atoms with van der Waals surface area (Å²) < 4.78 is 20.8. The van der Waals surface area contributed by atoms with E-state index in [-0.39, 0.29) is 35.6 Å². The number of nitrogens with one attached hydrogen (secondary N) is 2. The number of hydrogen-bond acceptors (Lipinski definition) is 4. The van der Waals surface area contributed by atoms with E-state index in [2.05, 4.69) is 15.7 Å². The molecule has 0 saturated carbocycles. The second-order valence-electron chi connectivity index (χ2n) is 7.90. The monoisotopic (exact) mass is 452 g/mol. The van der Waals surface area contributed by atoms with Crippen LogP contribution in [0.2, 0.25) is 0 Å². The van der Waals surface area contributed by atoms with Gasteiger partial charge in [0.2, 0.25) is 11.8 Å². The van der Waals surface area contributed by atoms with E-state index in [1.165, 1.54) is 23.9 Å². The first kappa shape index (κ1) is 24.0. The third-order valence-corrected chi connectivity index (χ3v) is 5.48. The number of aromatic nitrogens is 2. The summed E-state index contributed by atoms with van der Waals surface area (Å²) in [5.74, 6) is -0.932. The lowest BCUT2D eigenvalue weighted by Crippen LogP contribution is -2.37. The molecule has 0 fully saturated rings. The van der Waals surface area contributed by atoms with Gasteiger partial charge in [0, 0.05) is 12.1 Å². The van der Waals surface area contributed by atoms with Crippen LogP contribution in [0, 0.1) is 12.7 Å². The van der Waals surface area contributed by atoms with Crippen LogP contribution in [0.4, 0.5) is 4.39 Å². The molecule has 3 rings (SSSR count). The fourth-order valence-corrected chi connectivity index (χ4v) is 3.49. The Morgan fingerprint density at radius 2 is 1.82 bits per heavy atom. The number of ether oxygens (including phenoxy) is 1. The molecule has 2 amide bonds. The molecular weight excluding hydrogens is 423 g/mol. The largest absolute Gasteiger partial charge is 0.481 e. The average molecular weight is 453 g/mol. The lowest BCUT2D eigenvalue weighted by molar-refractivity contribution is -0.122. The van der Waals surface area contributed by atoms with Gasteiger partial charge in [0.15, 0.2) is 5.69 Å². The Kier molecular flexibility index (Phi) is 7.82. The first-order valence-electron chi connectivity index (χ1n) is 10.9. The van der Waals surface area contributed by atoms with Gasteiger partial charge in [0.1, 0.15) is 11.5 Å². The first-order chi connectivity index (χ1) is 15.8. The van der Waals surface area contributed by atoms with Gasteiger partial charge < -0.3 is 15.4 Å². The summed E-state index contributed by atoms with van der Waals surface area (Å²) in [6.07, 6.45) is 0.881. The topological polar surface area (TPSA) is 85.3 Å². The zero-order chi connectivity index (χ0) is 24.0. The number of aryl methyl sites for hydroxylation is 1. The summed E-state index contributed by atoms with van der Waals surface area (Å²) in [4.78, 5) is 25.7. The van der Waals surface area contributed by atoms with Crippen molar-refractivity contribution in [2.24, 2.45) is 0 Å². The second kappa shape index (κ2) is 10.8. The van der Waals surface area contributed by atoms with Crippen molar-refractivity contribution in [1.82, 2.24) is 20.4 Å². The molecule has 2 atom stereocenters. The molecule has 0 bridgehead atoms. The highest BCUT2D eigenvalue weighted by atomic mass is 19.1. The van der Waals surface area contributed by atoms with Gasteiger partial charge in [0.05, 0.1) is 19.6 Å². The van der Waals surface area contributed by atoms with Gasteiger partial charge in [-0.2, -0.15) is 9.78 Å². The third kappa shape index (κ3) is 5.77. The minimum Gasteiger partial charge on any atom is -0.481 e. The Morgan fingerprint density at radius 3 is 2.48 bits per heavy atom. The molecule has 0 radical (unpaired) electrons. The van der Waals surface area contributed by atoms with E-state index < -0.39 is 17.8 Å². The number of methoxy groups -OCH3 is 1. The van der Waals surface area contributed by atoms with Crippen LogP contribution in [0.5, 0.6) is 5.88 Å². The zero-order valence-electron chi connectivity index (χ0n) is 19.3. The van der Waals surface area contributed by atoms with Crippen LogP contribution in [-0.4, -0.2) is 34.7 Å². The van der Waals surface area contributed by atoms with E-state index >= 15 is 0 Å². The lowest BCUT2D eigenvalue weighted by Gasteiger charge is -2.21. The Balaban J connectivity index is 1.88. The number of benzene rings is 2. The molecule has 1 aromatic heterocycles. The fraction of sp³-hybridized carbons (Fsp3) is 0.320. The van der Waals surface area contributed by atoms with Crippen LogP contribution in [-0.2, 0) is 4.79 Å². The third-order valence-electron chi connectivity index (χ3n) is 5.48. The van der Waals surface area contributed by atoms with Crippen LogP contribution >= 0.6 is 0 Å². The van der Waals surface area contributed by atoms with Crippen molar-refractivity contribution in [3.63, 3.8) is 0 Å². The molecule has 0 spiro atoms. The number of para-hydroxylation sites is 1. The normalized spacial score (nSPS) is 12.6. The SMILES string of the molecule is CC[C@@H](C)NC(=O)C[C@H](NC(=O)c1cc(OC)n(-c2ccccc2F)n1)c1ccccc1C. The highest BCUT2D eigenvalue weighted by Crippen LogP contribution is 2.24. The molecule has 0 aliphatic heterocycles. The molecule has 2 N–H and O–H groups in total. The number of carbonyl (C=O) groups is 2. The van der Waals surface area contributed by atoms with Gasteiger partial charge in [-0.05, 0) is 43.5 Å². The first-order valence-corrected chi connectivity index (χ1v) is 10.9. The van der Waals surface area contributed by atoms with Crippen molar-refractivity contribution in [3.8, 4) is 11.6 Å². The summed E-state index contributed by atoms with van der Waals surface area (Å²) in [6, 6.07) is 14.6. The molecule has 33 heavy (non-hydrogen) atoms. The van der Waals surface area contributed by atoms with Gasteiger partial charge in [-0.25, -0.2) is 4.39 Å². The van der Waals surface area contributed by atoms with Crippen molar-refractivity contribution in [2.45, 2.75) is 45.7 Å². The number of rotatable bonds is 9. The molecule has 174 valence electrons. The predicted molar refractivity (Wildman–Crippen MR) is 124 cm³/mol. The molecule has 7 nitrogen and oxygen atoms in total. The Hall–Kier alpha value is -3.68. The highest BCUT2D eigenvalue weighted by molar-refractivity contribution is 5.93. The molecular formula is C25H29FN4O3. The summed E-state index contributed by atoms with van der Waals surface area (Å²) in [5, 5.41) is 10.1. The molecule has 0 aliphatic rings. The van der Waals surface area contributed by atoms with Crippen molar-refractivity contribution < 1.29 is 18.7 Å². The van der Waals surface area contributed by atoms with E-state index in [1.54, 1.807) is 18.2 Å². The maximum Gasteiger partial charge on any atom is 0.272 e. The average Bonchev–Trinajstić information content (AvgIpc) is 3.23. The Labute approximate surface area is 193 Å². The summed E-state index contributed by atoms with van der Waals surface area (Å²) in [6.45, 7) is 5.85. The minimum atomic E-state index is -0.563. The van der Waals surface area contributed by atoms with Gasteiger partial charge >= 0.3 is 0 Å².